The molecule has 8 heteroatoms. The Morgan fingerprint density at radius 2 is 1.86 bits per heavy atom. The van der Waals surface area contributed by atoms with Gasteiger partial charge in [0.15, 0.2) is 0 Å². The molecule has 3 atom stereocenters. The molecule has 1 aromatic carbocycles. The van der Waals surface area contributed by atoms with Gasteiger partial charge in [-0.25, -0.2) is 0 Å². The van der Waals surface area contributed by atoms with Crippen molar-refractivity contribution in [2.75, 3.05) is 38.1 Å². The maximum atomic E-state index is 13.0. The summed E-state index contributed by atoms with van der Waals surface area (Å²) in [5.41, 5.74) is 0.847. The molecule has 2 aliphatic rings. The summed E-state index contributed by atoms with van der Waals surface area (Å²) in [6.45, 7) is 6.77. The van der Waals surface area contributed by atoms with Gasteiger partial charge >= 0.3 is 0 Å². The number of nitro benzene ring substituents is 1. The fourth-order valence-electron chi connectivity index (χ4n) is 4.69. The molecular formula is C21H30N4O4. The number of nitrogens with zero attached hydrogens (tertiary/aromatic N) is 3. The lowest BCUT2D eigenvalue weighted by Crippen LogP contribution is -2.44. The van der Waals surface area contributed by atoms with Crippen molar-refractivity contribution in [3.05, 3.63) is 33.9 Å². The van der Waals surface area contributed by atoms with E-state index in [-0.39, 0.29) is 23.4 Å². The lowest BCUT2D eigenvalue weighted by atomic mass is 9.91. The zero-order valence-electron chi connectivity index (χ0n) is 17.4. The molecule has 2 heterocycles. The Morgan fingerprint density at radius 1 is 1.17 bits per heavy atom. The number of anilines is 1. The van der Waals surface area contributed by atoms with Crippen molar-refractivity contribution in [2.24, 2.45) is 17.8 Å². The molecule has 0 bridgehead atoms. The molecule has 1 aromatic rings. The molecule has 3 rings (SSSR count). The molecule has 2 aliphatic heterocycles. The Labute approximate surface area is 171 Å². The Bertz CT molecular complexity index is 787. The first-order valence-electron chi connectivity index (χ1n) is 10.3. The van der Waals surface area contributed by atoms with E-state index in [0.29, 0.717) is 36.2 Å². The molecule has 0 radical (unpaired) electrons. The van der Waals surface area contributed by atoms with Crippen LogP contribution >= 0.6 is 0 Å². The van der Waals surface area contributed by atoms with E-state index in [0.717, 1.165) is 32.4 Å². The number of piperidine rings is 2. The number of hydrogen-bond donors (Lipinski definition) is 1. The molecule has 1 N–H and O–H groups in total. The summed E-state index contributed by atoms with van der Waals surface area (Å²) in [6, 6.07) is 4.78. The van der Waals surface area contributed by atoms with E-state index in [2.05, 4.69) is 24.1 Å². The van der Waals surface area contributed by atoms with Gasteiger partial charge in [0, 0.05) is 44.9 Å². The summed E-state index contributed by atoms with van der Waals surface area (Å²) >= 11 is 0. The van der Waals surface area contributed by atoms with E-state index >= 15 is 0 Å². The first-order chi connectivity index (χ1) is 13.8. The van der Waals surface area contributed by atoms with Gasteiger partial charge in [0.2, 0.25) is 5.91 Å². The quantitative estimate of drug-likeness (QED) is 0.617. The summed E-state index contributed by atoms with van der Waals surface area (Å²) in [4.78, 5) is 40.0. The minimum atomic E-state index is -0.403. The van der Waals surface area contributed by atoms with Gasteiger partial charge in [-0.15, -0.1) is 0 Å². The summed E-state index contributed by atoms with van der Waals surface area (Å²) in [6.07, 6.45) is 2.60. The summed E-state index contributed by atoms with van der Waals surface area (Å²) in [7, 11) is 1.59. The highest BCUT2D eigenvalue weighted by Gasteiger charge is 2.31. The van der Waals surface area contributed by atoms with E-state index in [1.807, 2.05) is 0 Å². The summed E-state index contributed by atoms with van der Waals surface area (Å²) in [5.74, 6) is 0.374. The van der Waals surface area contributed by atoms with Crippen molar-refractivity contribution in [1.82, 2.24) is 10.2 Å². The minimum Gasteiger partial charge on any atom is -0.365 e. The van der Waals surface area contributed by atoms with Crippen LogP contribution < -0.4 is 10.2 Å². The number of benzene rings is 1. The normalized spacial score (nSPS) is 24.9. The lowest BCUT2D eigenvalue weighted by Gasteiger charge is -2.36. The van der Waals surface area contributed by atoms with Crippen LogP contribution in [0.2, 0.25) is 0 Å². The average Bonchev–Trinajstić information content (AvgIpc) is 2.71. The number of nitrogens with one attached hydrogen (secondary N) is 1. The van der Waals surface area contributed by atoms with Gasteiger partial charge in [-0.2, -0.15) is 0 Å². The van der Waals surface area contributed by atoms with Crippen LogP contribution in [0.1, 0.15) is 43.5 Å². The highest BCUT2D eigenvalue weighted by molar-refractivity contribution is 5.96. The van der Waals surface area contributed by atoms with Crippen LogP contribution in [0.5, 0.6) is 0 Å². The zero-order chi connectivity index (χ0) is 21.1. The van der Waals surface area contributed by atoms with Gasteiger partial charge in [-0.1, -0.05) is 13.8 Å². The molecule has 0 saturated carbocycles. The fourth-order valence-corrected chi connectivity index (χ4v) is 4.69. The highest BCUT2D eigenvalue weighted by atomic mass is 16.6. The Balaban J connectivity index is 1.83. The third-order valence-corrected chi connectivity index (χ3v) is 5.95. The van der Waals surface area contributed by atoms with Crippen molar-refractivity contribution in [2.45, 2.75) is 33.1 Å². The van der Waals surface area contributed by atoms with Crippen LogP contribution in [0, 0.1) is 27.9 Å². The third-order valence-electron chi connectivity index (χ3n) is 5.95. The molecule has 2 saturated heterocycles. The fraction of sp³-hybridized carbons (Fsp3) is 0.619. The first kappa shape index (κ1) is 21.1. The predicted molar refractivity (Wildman–Crippen MR) is 111 cm³/mol. The van der Waals surface area contributed by atoms with Gasteiger partial charge in [0.1, 0.15) is 5.69 Å². The van der Waals surface area contributed by atoms with Crippen molar-refractivity contribution in [1.29, 1.82) is 0 Å². The monoisotopic (exact) mass is 402 g/mol. The van der Waals surface area contributed by atoms with Crippen molar-refractivity contribution in [3.63, 3.8) is 0 Å². The Hall–Kier alpha value is -2.64. The number of nitro groups is 1. The maximum absolute atomic E-state index is 13.0. The molecule has 29 heavy (non-hydrogen) atoms. The second kappa shape index (κ2) is 8.80. The van der Waals surface area contributed by atoms with Gasteiger partial charge in [-0.3, -0.25) is 19.7 Å². The molecular weight excluding hydrogens is 372 g/mol. The highest BCUT2D eigenvalue weighted by Crippen LogP contribution is 2.34. The van der Waals surface area contributed by atoms with Crippen LogP contribution in [0.25, 0.3) is 0 Å². The second-order valence-electron chi connectivity index (χ2n) is 8.52. The number of carbonyl (C=O) groups is 2. The first-order valence-corrected chi connectivity index (χ1v) is 10.3. The van der Waals surface area contributed by atoms with Crippen LogP contribution in [0.4, 0.5) is 11.4 Å². The molecule has 2 amide bonds. The van der Waals surface area contributed by atoms with E-state index in [1.165, 1.54) is 6.07 Å². The summed E-state index contributed by atoms with van der Waals surface area (Å²) < 4.78 is 0. The number of amides is 2. The Kier molecular flexibility index (Phi) is 6.39. The van der Waals surface area contributed by atoms with Gasteiger partial charge in [0.05, 0.1) is 10.8 Å². The standard InChI is InChI=1S/C21H30N4O4/c1-14-9-15(2)12-24(11-14)18-7-6-16(10-19(18)25(28)29)21(27)23-8-4-5-17(13-23)20(26)22-3/h6-7,10,14-15,17H,4-5,8-9,11-13H2,1-3H3,(H,22,26)/t14-,15+,17-/m1/s1. The van der Waals surface area contributed by atoms with E-state index < -0.39 is 4.92 Å². The van der Waals surface area contributed by atoms with E-state index in [1.54, 1.807) is 24.1 Å². The van der Waals surface area contributed by atoms with Gasteiger partial charge in [-0.05, 0) is 43.2 Å². The SMILES string of the molecule is CNC(=O)[C@@H]1CCCN(C(=O)c2ccc(N3C[C@H](C)C[C@H](C)C3)c([N+](=O)[O-])c2)C1. The van der Waals surface area contributed by atoms with Gasteiger partial charge < -0.3 is 15.1 Å². The molecule has 0 aromatic heterocycles. The minimum absolute atomic E-state index is 0.0305. The van der Waals surface area contributed by atoms with Gasteiger partial charge in [0.25, 0.3) is 11.6 Å². The molecule has 0 unspecified atom stereocenters. The Morgan fingerprint density at radius 3 is 2.48 bits per heavy atom. The molecule has 0 spiro atoms. The van der Waals surface area contributed by atoms with Crippen molar-refractivity contribution < 1.29 is 14.5 Å². The molecule has 158 valence electrons. The number of likely N-dealkylation sites (tertiary alicyclic amines) is 1. The average molecular weight is 402 g/mol. The van der Waals surface area contributed by atoms with Crippen LogP contribution in [-0.4, -0.2) is 54.9 Å². The summed E-state index contributed by atoms with van der Waals surface area (Å²) in [5, 5.41) is 14.4. The van der Waals surface area contributed by atoms with Crippen LogP contribution in [0.15, 0.2) is 18.2 Å². The molecule has 8 nitrogen and oxygen atoms in total. The van der Waals surface area contributed by atoms with Crippen LogP contribution in [0.3, 0.4) is 0 Å². The largest absolute Gasteiger partial charge is 0.365 e. The number of rotatable bonds is 4. The van der Waals surface area contributed by atoms with Crippen molar-refractivity contribution in [3.8, 4) is 0 Å². The predicted octanol–water partition coefficient (Wildman–Crippen LogP) is 2.68. The van der Waals surface area contributed by atoms with E-state index in [4.69, 9.17) is 0 Å². The third kappa shape index (κ3) is 4.68. The zero-order valence-corrected chi connectivity index (χ0v) is 17.4. The lowest BCUT2D eigenvalue weighted by molar-refractivity contribution is -0.384. The second-order valence-corrected chi connectivity index (χ2v) is 8.52. The van der Waals surface area contributed by atoms with Crippen LogP contribution in [-0.2, 0) is 4.79 Å². The molecule has 2 fully saturated rings. The maximum Gasteiger partial charge on any atom is 0.293 e. The smallest absolute Gasteiger partial charge is 0.293 e. The number of carbonyl (C=O) groups excluding carboxylic acids is 2. The topological polar surface area (TPSA) is 95.8 Å². The van der Waals surface area contributed by atoms with Crippen molar-refractivity contribution >= 4 is 23.2 Å². The molecule has 0 aliphatic carbocycles. The number of hydrogen-bond acceptors (Lipinski definition) is 5. The van der Waals surface area contributed by atoms with E-state index in [9.17, 15) is 19.7 Å².